The van der Waals surface area contributed by atoms with Crippen molar-refractivity contribution in [1.82, 2.24) is 19.7 Å². The number of hydrogen-bond acceptors (Lipinski definition) is 4. The average molecular weight is 436 g/mol. The monoisotopic (exact) mass is 435 g/mol. The second-order valence-electron chi connectivity index (χ2n) is 8.66. The van der Waals surface area contributed by atoms with Crippen molar-refractivity contribution in [3.8, 4) is 11.1 Å². The third-order valence-corrected chi connectivity index (χ3v) is 6.41. The smallest absolute Gasteiger partial charge is 0.0603 e. The van der Waals surface area contributed by atoms with Gasteiger partial charge in [-0.2, -0.15) is 5.10 Å². The van der Waals surface area contributed by atoms with Gasteiger partial charge >= 0.3 is 0 Å². The molecule has 0 amide bonds. The maximum atomic E-state index is 4.71. The van der Waals surface area contributed by atoms with Crippen LogP contribution in [0.25, 0.3) is 11.1 Å². The van der Waals surface area contributed by atoms with E-state index in [1.165, 1.54) is 24.0 Å². The Morgan fingerprint density at radius 1 is 0.939 bits per heavy atom. The molecule has 5 rings (SSSR count). The van der Waals surface area contributed by atoms with Gasteiger partial charge in [-0.05, 0) is 67.5 Å². The molecule has 0 radical (unpaired) electrons. The molecule has 0 aliphatic heterocycles. The van der Waals surface area contributed by atoms with Crippen LogP contribution in [0.3, 0.4) is 0 Å². The minimum atomic E-state index is 0.0708. The third-order valence-electron chi connectivity index (χ3n) is 6.41. The van der Waals surface area contributed by atoms with Crippen LogP contribution in [0, 0.1) is 5.92 Å². The van der Waals surface area contributed by atoms with E-state index in [-0.39, 0.29) is 6.04 Å². The van der Waals surface area contributed by atoms with Crippen molar-refractivity contribution < 1.29 is 0 Å². The maximum absolute atomic E-state index is 4.71. The number of anilines is 2. The van der Waals surface area contributed by atoms with Gasteiger partial charge in [0.15, 0.2) is 0 Å². The molecule has 1 aliphatic rings. The first kappa shape index (κ1) is 21.1. The molecule has 5 heteroatoms. The fraction of sp³-hybridized carbons (Fsp3) is 0.250. The van der Waals surface area contributed by atoms with Crippen molar-refractivity contribution in [3.05, 3.63) is 103 Å². The summed E-state index contributed by atoms with van der Waals surface area (Å²) in [6.45, 7) is 3.21. The highest BCUT2D eigenvalue weighted by atomic mass is 15.3. The molecule has 0 saturated carbocycles. The lowest BCUT2D eigenvalue weighted by Crippen LogP contribution is -2.22. The van der Waals surface area contributed by atoms with Crippen molar-refractivity contribution in [2.24, 2.45) is 5.92 Å². The van der Waals surface area contributed by atoms with E-state index in [0.29, 0.717) is 5.92 Å². The molecule has 0 bridgehead atoms. The van der Waals surface area contributed by atoms with Crippen molar-refractivity contribution >= 4 is 11.4 Å². The molecule has 0 fully saturated rings. The van der Waals surface area contributed by atoms with E-state index >= 15 is 0 Å². The summed E-state index contributed by atoms with van der Waals surface area (Å²) in [4.78, 5) is 11.0. The van der Waals surface area contributed by atoms with Crippen LogP contribution in [0.15, 0.2) is 97.9 Å². The van der Waals surface area contributed by atoms with Crippen LogP contribution in [-0.2, 0) is 6.54 Å². The van der Waals surface area contributed by atoms with Gasteiger partial charge in [0.2, 0.25) is 0 Å². The van der Waals surface area contributed by atoms with Gasteiger partial charge in [0.25, 0.3) is 0 Å². The van der Waals surface area contributed by atoms with Crippen molar-refractivity contribution in [3.63, 3.8) is 0 Å². The molecule has 3 heterocycles. The Kier molecular flexibility index (Phi) is 6.29. The van der Waals surface area contributed by atoms with E-state index in [2.05, 4.69) is 81.2 Å². The number of benzene rings is 1. The molecule has 2 atom stereocenters. The normalized spacial score (nSPS) is 16.5. The molecule has 4 aromatic rings. The molecular formula is C28H29N5. The van der Waals surface area contributed by atoms with Crippen LogP contribution in [0.1, 0.15) is 37.8 Å². The molecular weight excluding hydrogens is 406 g/mol. The Labute approximate surface area is 195 Å². The quantitative estimate of drug-likeness (QED) is 0.307. The van der Waals surface area contributed by atoms with E-state index < -0.39 is 0 Å². The zero-order valence-electron chi connectivity index (χ0n) is 19.0. The first-order chi connectivity index (χ1) is 16.3. The second kappa shape index (κ2) is 9.82. The number of pyridine rings is 2. The standard InChI is InChI=1S/C28H29N5/c1-22(33(25-11-7-15-29-18-25)26-12-8-16-30-19-26)27-13-5-6-14-28(27)24-17-31-32(21-24)20-23-9-3-2-4-10-23/h2-3,5-8,11-19,21-23H,4,9-10,20H2,1H3. The number of aromatic nitrogens is 4. The Balaban J connectivity index is 1.48. The van der Waals surface area contributed by atoms with Gasteiger partial charge in [-0.3, -0.25) is 14.6 Å². The summed E-state index contributed by atoms with van der Waals surface area (Å²) in [6, 6.07) is 16.8. The first-order valence-corrected chi connectivity index (χ1v) is 11.7. The minimum absolute atomic E-state index is 0.0708. The second-order valence-corrected chi connectivity index (χ2v) is 8.66. The van der Waals surface area contributed by atoms with Crippen molar-refractivity contribution in [1.29, 1.82) is 0 Å². The molecule has 2 unspecified atom stereocenters. The molecule has 3 aromatic heterocycles. The summed E-state index contributed by atoms with van der Waals surface area (Å²) in [5.41, 5.74) is 5.67. The lowest BCUT2D eigenvalue weighted by Gasteiger charge is -2.32. The number of allylic oxidation sites excluding steroid dienone is 2. The van der Waals surface area contributed by atoms with Crippen molar-refractivity contribution in [2.45, 2.75) is 38.8 Å². The van der Waals surface area contributed by atoms with Gasteiger partial charge in [0, 0.05) is 30.7 Å². The van der Waals surface area contributed by atoms with E-state index in [4.69, 9.17) is 5.10 Å². The molecule has 0 saturated heterocycles. The fourth-order valence-corrected chi connectivity index (χ4v) is 4.74. The number of rotatable bonds is 7. The molecule has 1 aliphatic carbocycles. The largest absolute Gasteiger partial charge is 0.332 e. The van der Waals surface area contributed by atoms with Crippen LogP contribution in [0.5, 0.6) is 0 Å². The summed E-state index contributed by atoms with van der Waals surface area (Å²) in [5.74, 6) is 0.670. The first-order valence-electron chi connectivity index (χ1n) is 11.7. The summed E-state index contributed by atoms with van der Waals surface area (Å²) in [5, 5.41) is 4.71. The van der Waals surface area contributed by atoms with E-state index in [1.807, 2.05) is 30.7 Å². The summed E-state index contributed by atoms with van der Waals surface area (Å²) in [7, 11) is 0. The molecule has 0 N–H and O–H groups in total. The van der Waals surface area contributed by atoms with Gasteiger partial charge in [0.05, 0.1) is 36.0 Å². The predicted octanol–water partition coefficient (Wildman–Crippen LogP) is 6.60. The maximum Gasteiger partial charge on any atom is 0.0603 e. The lowest BCUT2D eigenvalue weighted by molar-refractivity contribution is 0.389. The Morgan fingerprint density at radius 3 is 2.36 bits per heavy atom. The fourth-order valence-electron chi connectivity index (χ4n) is 4.74. The van der Waals surface area contributed by atoms with Gasteiger partial charge in [-0.1, -0.05) is 36.4 Å². The molecule has 5 nitrogen and oxygen atoms in total. The summed E-state index contributed by atoms with van der Waals surface area (Å²) in [6.07, 6.45) is 19.8. The van der Waals surface area contributed by atoms with E-state index in [0.717, 1.165) is 29.9 Å². The zero-order chi connectivity index (χ0) is 22.5. The van der Waals surface area contributed by atoms with E-state index in [9.17, 15) is 0 Å². The van der Waals surface area contributed by atoms with Crippen LogP contribution < -0.4 is 4.90 Å². The number of nitrogens with zero attached hydrogens (tertiary/aromatic N) is 5. The highest BCUT2D eigenvalue weighted by Crippen LogP contribution is 2.38. The van der Waals surface area contributed by atoms with Crippen LogP contribution >= 0.6 is 0 Å². The van der Waals surface area contributed by atoms with Gasteiger partial charge in [0.1, 0.15) is 0 Å². The highest BCUT2D eigenvalue weighted by Gasteiger charge is 2.22. The van der Waals surface area contributed by atoms with E-state index in [1.54, 1.807) is 12.4 Å². The minimum Gasteiger partial charge on any atom is -0.332 e. The lowest BCUT2D eigenvalue weighted by atomic mass is 9.94. The molecule has 33 heavy (non-hydrogen) atoms. The third kappa shape index (κ3) is 4.72. The average Bonchev–Trinajstić information content (AvgIpc) is 3.34. The Morgan fingerprint density at radius 2 is 1.70 bits per heavy atom. The van der Waals surface area contributed by atoms with Gasteiger partial charge in [-0.25, -0.2) is 0 Å². The van der Waals surface area contributed by atoms with Gasteiger partial charge < -0.3 is 4.90 Å². The molecule has 166 valence electrons. The summed E-state index contributed by atoms with van der Waals surface area (Å²) < 4.78 is 2.11. The Bertz CT molecular complexity index is 1160. The van der Waals surface area contributed by atoms with Crippen LogP contribution in [-0.4, -0.2) is 19.7 Å². The molecule has 1 aromatic carbocycles. The SMILES string of the molecule is CC(c1ccccc1-c1cnn(CC2CC=CCC2)c1)N(c1cccnc1)c1cccnc1. The summed E-state index contributed by atoms with van der Waals surface area (Å²) >= 11 is 0. The topological polar surface area (TPSA) is 46.8 Å². The van der Waals surface area contributed by atoms with Crippen LogP contribution in [0.2, 0.25) is 0 Å². The molecule has 0 spiro atoms. The van der Waals surface area contributed by atoms with Gasteiger partial charge in [-0.15, -0.1) is 0 Å². The van der Waals surface area contributed by atoms with Crippen LogP contribution in [0.4, 0.5) is 11.4 Å². The predicted molar refractivity (Wildman–Crippen MR) is 133 cm³/mol. The van der Waals surface area contributed by atoms with Crippen molar-refractivity contribution in [2.75, 3.05) is 4.90 Å². The Hall–Kier alpha value is -3.73. The zero-order valence-corrected chi connectivity index (χ0v) is 19.0. The highest BCUT2D eigenvalue weighted by molar-refractivity contribution is 5.70. The number of hydrogen-bond donors (Lipinski definition) is 0.